The molecule has 7 aromatic rings. The molecular formula is C39H32NP. The van der Waals surface area contributed by atoms with Crippen LogP contribution in [0.3, 0.4) is 0 Å². The summed E-state index contributed by atoms with van der Waals surface area (Å²) >= 11 is 0. The molecule has 0 amide bonds. The van der Waals surface area contributed by atoms with Gasteiger partial charge in [0.1, 0.15) is 0 Å². The van der Waals surface area contributed by atoms with Gasteiger partial charge in [-0.1, -0.05) is 122 Å². The lowest BCUT2D eigenvalue weighted by Gasteiger charge is -2.14. The molecule has 0 saturated heterocycles. The van der Waals surface area contributed by atoms with Crippen LogP contribution in [-0.2, 0) is 0 Å². The van der Waals surface area contributed by atoms with Crippen molar-refractivity contribution in [2.75, 3.05) is 13.3 Å². The summed E-state index contributed by atoms with van der Waals surface area (Å²) in [6.45, 7) is 3.19. The quantitative estimate of drug-likeness (QED) is 0.190. The minimum Gasteiger partial charge on any atom is -0.309 e. The van der Waals surface area contributed by atoms with Gasteiger partial charge in [0.2, 0.25) is 0 Å². The van der Waals surface area contributed by atoms with Crippen molar-refractivity contribution in [1.29, 1.82) is 0 Å². The third-order valence-electron chi connectivity index (χ3n) is 7.98. The molecule has 0 bridgehead atoms. The molecule has 7 rings (SSSR count). The Bertz CT molecular complexity index is 2060. The lowest BCUT2D eigenvalue weighted by Crippen LogP contribution is -2.02. The summed E-state index contributed by atoms with van der Waals surface area (Å²) in [6, 6.07) is 52.9. The Kier molecular flexibility index (Phi) is 6.26. The van der Waals surface area contributed by atoms with E-state index in [-0.39, 0.29) is 0 Å². The van der Waals surface area contributed by atoms with Crippen molar-refractivity contribution >= 4 is 40.3 Å². The van der Waals surface area contributed by atoms with Crippen LogP contribution in [0.15, 0.2) is 146 Å². The largest absolute Gasteiger partial charge is 0.309 e. The summed E-state index contributed by atoms with van der Waals surface area (Å²) in [5, 5.41) is 3.87. The molecule has 1 nitrogen and oxygen atoms in total. The molecule has 2 heteroatoms. The molecule has 0 fully saturated rings. The van der Waals surface area contributed by atoms with Crippen LogP contribution in [0.1, 0.15) is 0 Å². The van der Waals surface area contributed by atoms with Gasteiger partial charge in [-0.2, -0.15) is 0 Å². The molecule has 0 aliphatic heterocycles. The van der Waals surface area contributed by atoms with Crippen LogP contribution in [-0.4, -0.2) is 24.2 Å². The van der Waals surface area contributed by atoms with Gasteiger partial charge in [0, 0.05) is 16.5 Å². The summed E-state index contributed by atoms with van der Waals surface area (Å²) in [4.78, 5) is 0. The van der Waals surface area contributed by atoms with E-state index < -0.39 is 6.89 Å². The van der Waals surface area contributed by atoms with Crippen molar-refractivity contribution in [3.8, 4) is 39.1 Å². The zero-order valence-electron chi connectivity index (χ0n) is 23.5. The second-order valence-electron chi connectivity index (χ2n) is 11.3. The van der Waals surface area contributed by atoms with E-state index in [0.717, 1.165) is 5.69 Å². The van der Waals surface area contributed by atoms with Gasteiger partial charge in [-0.05, 0) is 88.4 Å². The Balaban J connectivity index is 1.44. The molecule has 41 heavy (non-hydrogen) atoms. The Labute approximate surface area is 242 Å². The molecule has 0 aliphatic rings. The van der Waals surface area contributed by atoms with Crippen LogP contribution in [0.5, 0.6) is 0 Å². The van der Waals surface area contributed by atoms with E-state index in [4.69, 9.17) is 0 Å². The molecule has 1 aromatic heterocycles. The van der Waals surface area contributed by atoms with Crippen molar-refractivity contribution in [2.45, 2.75) is 0 Å². The van der Waals surface area contributed by atoms with E-state index in [0.29, 0.717) is 0 Å². The van der Waals surface area contributed by atoms with E-state index in [2.05, 4.69) is 170 Å². The van der Waals surface area contributed by atoms with Crippen LogP contribution in [0.25, 0.3) is 60.9 Å². The Morgan fingerprint density at radius 1 is 0.439 bits per heavy atom. The molecular weight excluding hydrogens is 513 g/mol. The van der Waals surface area contributed by atoms with Gasteiger partial charge in [0.25, 0.3) is 0 Å². The molecule has 0 N–H and O–H groups in total. The number of fused-ring (bicyclic) bond motifs is 3. The topological polar surface area (TPSA) is 4.93 Å². The van der Waals surface area contributed by atoms with Gasteiger partial charge in [-0.25, -0.2) is 0 Å². The Morgan fingerprint density at radius 3 is 1.66 bits per heavy atom. The van der Waals surface area contributed by atoms with E-state index in [1.54, 1.807) is 0 Å². The van der Waals surface area contributed by atoms with Crippen LogP contribution in [0.4, 0.5) is 0 Å². The number of hydrogen-bond acceptors (Lipinski definition) is 0. The smallest absolute Gasteiger partial charge is 0.0547 e. The highest BCUT2D eigenvalue weighted by Gasteiger charge is 2.15. The first kappa shape index (κ1) is 25.4. The highest BCUT2D eigenvalue weighted by atomic mass is 31.2. The Hall–Kier alpha value is -4.58. The fourth-order valence-electron chi connectivity index (χ4n) is 5.78. The molecule has 0 saturated carbocycles. The fourth-order valence-corrected chi connectivity index (χ4v) is 6.76. The van der Waals surface area contributed by atoms with Crippen molar-refractivity contribution in [3.05, 3.63) is 146 Å². The maximum absolute atomic E-state index is 4.47. The first-order valence-corrected chi connectivity index (χ1v) is 16.9. The van der Waals surface area contributed by atoms with Crippen LogP contribution in [0.2, 0.25) is 0 Å². The summed E-state index contributed by atoms with van der Waals surface area (Å²) in [5.74, 6) is 0. The predicted molar refractivity (Wildman–Crippen MR) is 183 cm³/mol. The summed E-state index contributed by atoms with van der Waals surface area (Å²) in [6.07, 6.45) is 4.47. The zero-order valence-corrected chi connectivity index (χ0v) is 24.4. The van der Waals surface area contributed by atoms with Crippen molar-refractivity contribution in [2.24, 2.45) is 0 Å². The van der Waals surface area contributed by atoms with Gasteiger partial charge in [0.05, 0.1) is 11.0 Å². The molecule has 0 radical (unpaired) electrons. The highest BCUT2D eigenvalue weighted by molar-refractivity contribution is 7.79. The number of aromatic nitrogens is 1. The molecule has 1 heterocycles. The van der Waals surface area contributed by atoms with Gasteiger partial charge < -0.3 is 4.57 Å². The molecule has 0 atom stereocenters. The van der Waals surface area contributed by atoms with Gasteiger partial charge >= 0.3 is 0 Å². The first-order valence-electron chi connectivity index (χ1n) is 14.0. The third kappa shape index (κ3) is 4.73. The van der Waals surface area contributed by atoms with E-state index >= 15 is 0 Å². The summed E-state index contributed by atoms with van der Waals surface area (Å²) in [7, 11) is 0. The van der Waals surface area contributed by atoms with Crippen molar-refractivity contribution in [1.82, 2.24) is 4.57 Å². The second kappa shape index (κ2) is 10.1. The molecule has 6 aromatic carbocycles. The average Bonchev–Trinajstić information content (AvgIpc) is 3.34. The van der Waals surface area contributed by atoms with E-state index in [1.807, 2.05) is 0 Å². The number of rotatable bonds is 5. The van der Waals surface area contributed by atoms with Crippen LogP contribution in [0, 0.1) is 0 Å². The number of hydrogen-bond donors (Lipinski definition) is 0. The SMILES string of the molecule is C=P(C)(C)c1cccc(-c2ccc3c(c2)c2ccc(-c4ccccc4)cc2n3-c2ccc(-c3ccccc3)cc2)c1. The lowest BCUT2D eigenvalue weighted by atomic mass is 10.0. The second-order valence-corrected chi connectivity index (χ2v) is 15.2. The normalized spacial score (nSPS) is 11.8. The zero-order chi connectivity index (χ0) is 28.0. The minimum atomic E-state index is -1.35. The Morgan fingerprint density at radius 2 is 0.976 bits per heavy atom. The average molecular weight is 546 g/mol. The maximum atomic E-state index is 4.47. The standard InChI is InChI=1S/C39H32NP/c1-41(2,3)35-16-10-15-31(25-35)32-20-24-38-37(26-32)36-23-19-33(29-13-8-5-9-14-29)27-39(36)40(38)34-21-17-30(18-22-34)28-11-6-4-7-12-28/h4-27H,1H2,2-3H3. The van der Waals surface area contributed by atoms with Gasteiger partial charge in [-0.3, -0.25) is 0 Å². The summed E-state index contributed by atoms with van der Waals surface area (Å²) < 4.78 is 2.41. The monoisotopic (exact) mass is 545 g/mol. The molecule has 0 aliphatic carbocycles. The number of nitrogens with zero attached hydrogens (tertiary/aromatic N) is 1. The van der Waals surface area contributed by atoms with Crippen LogP contribution >= 0.6 is 6.89 Å². The minimum absolute atomic E-state index is 1.16. The highest BCUT2D eigenvalue weighted by Crippen LogP contribution is 2.39. The number of benzene rings is 6. The fraction of sp³-hybridized carbons (Fsp3) is 0.0513. The maximum Gasteiger partial charge on any atom is 0.0547 e. The van der Waals surface area contributed by atoms with Crippen molar-refractivity contribution < 1.29 is 0 Å². The molecule has 0 unspecified atom stereocenters. The van der Waals surface area contributed by atoms with Gasteiger partial charge in [-0.15, -0.1) is 0 Å². The summed E-state index contributed by atoms with van der Waals surface area (Å²) in [5.41, 5.74) is 11.0. The third-order valence-corrected chi connectivity index (χ3v) is 9.66. The van der Waals surface area contributed by atoms with E-state index in [9.17, 15) is 0 Å². The molecule has 198 valence electrons. The predicted octanol–water partition coefficient (Wildman–Crippen LogP) is 10.1. The van der Waals surface area contributed by atoms with Crippen LogP contribution < -0.4 is 5.30 Å². The van der Waals surface area contributed by atoms with Crippen molar-refractivity contribution in [3.63, 3.8) is 0 Å². The molecule has 0 spiro atoms. The van der Waals surface area contributed by atoms with Gasteiger partial charge in [0.15, 0.2) is 0 Å². The first-order chi connectivity index (χ1) is 20.0. The van der Waals surface area contributed by atoms with E-state index in [1.165, 1.54) is 60.5 Å². The lowest BCUT2D eigenvalue weighted by molar-refractivity contribution is 1.18.